The highest BCUT2D eigenvalue weighted by molar-refractivity contribution is 6.30. The maximum Gasteiger partial charge on any atom is 0.416 e. The van der Waals surface area contributed by atoms with Crippen LogP contribution in [-0.4, -0.2) is 44.2 Å². The third-order valence-electron chi connectivity index (χ3n) is 5.26. The van der Waals surface area contributed by atoms with Gasteiger partial charge in [0.05, 0.1) is 24.6 Å². The van der Waals surface area contributed by atoms with Crippen molar-refractivity contribution < 1.29 is 36.2 Å². The zero-order chi connectivity index (χ0) is 27.4. The molecule has 0 bridgehead atoms. The Morgan fingerprint density at radius 2 is 1.76 bits per heavy atom. The molecule has 1 atom stereocenters. The van der Waals surface area contributed by atoms with Crippen LogP contribution in [0.15, 0.2) is 53.3 Å². The van der Waals surface area contributed by atoms with Crippen LogP contribution < -0.4 is 11.0 Å². The lowest BCUT2D eigenvalue weighted by Crippen LogP contribution is -2.42. The number of amides is 1. The van der Waals surface area contributed by atoms with Gasteiger partial charge < -0.3 is 10.4 Å². The van der Waals surface area contributed by atoms with Crippen molar-refractivity contribution in [2.75, 3.05) is 6.61 Å². The number of aliphatic hydroxyl groups is 1. The lowest BCUT2D eigenvalue weighted by atomic mass is 10.0. The fourth-order valence-electron chi connectivity index (χ4n) is 3.53. The van der Waals surface area contributed by atoms with Gasteiger partial charge in [-0.2, -0.15) is 26.3 Å². The van der Waals surface area contributed by atoms with Crippen LogP contribution in [0, 0.1) is 0 Å². The number of carbonyl (C=O) groups is 1. The normalized spacial score (nSPS) is 13.0. The number of benzene rings is 2. The Labute approximate surface area is 211 Å². The molecule has 200 valence electrons. The van der Waals surface area contributed by atoms with E-state index in [1.807, 2.05) is 0 Å². The molecule has 2 aromatic carbocycles. The predicted octanol–water partition coefficient (Wildman–Crippen LogP) is 4.06. The maximum atomic E-state index is 12.9. The summed E-state index contributed by atoms with van der Waals surface area (Å²) < 4.78 is 78.8. The van der Waals surface area contributed by atoms with Crippen LogP contribution in [0.1, 0.15) is 17.5 Å². The van der Waals surface area contributed by atoms with Crippen molar-refractivity contribution in [3.63, 3.8) is 0 Å². The third-order valence-corrected chi connectivity index (χ3v) is 5.51. The van der Waals surface area contributed by atoms with E-state index in [1.165, 1.54) is 36.4 Å². The average Bonchev–Trinajstić information content (AvgIpc) is 3.11. The van der Waals surface area contributed by atoms with Gasteiger partial charge in [0.15, 0.2) is 5.82 Å². The van der Waals surface area contributed by atoms with Gasteiger partial charge >= 0.3 is 18.0 Å². The van der Waals surface area contributed by atoms with Gasteiger partial charge in [0.2, 0.25) is 5.91 Å². The predicted molar refractivity (Wildman–Crippen MR) is 122 cm³/mol. The Morgan fingerprint density at radius 3 is 2.35 bits per heavy atom. The van der Waals surface area contributed by atoms with Crippen molar-refractivity contribution in [1.29, 1.82) is 0 Å². The maximum absolute atomic E-state index is 12.9. The lowest BCUT2D eigenvalue weighted by Gasteiger charge is -2.17. The highest BCUT2D eigenvalue weighted by Gasteiger charge is 2.31. The van der Waals surface area contributed by atoms with Crippen molar-refractivity contribution in [2.45, 2.75) is 44.3 Å². The fourth-order valence-corrected chi connectivity index (χ4v) is 3.65. The molecule has 37 heavy (non-hydrogen) atoms. The van der Waals surface area contributed by atoms with Crippen LogP contribution in [0.5, 0.6) is 0 Å². The van der Waals surface area contributed by atoms with Crippen molar-refractivity contribution >= 4 is 17.5 Å². The van der Waals surface area contributed by atoms with Crippen molar-refractivity contribution in [3.05, 3.63) is 75.2 Å². The molecule has 0 aliphatic carbocycles. The number of nitrogens with zero attached hydrogens (tertiary/aromatic N) is 3. The van der Waals surface area contributed by atoms with Gasteiger partial charge in [-0.15, -0.1) is 5.10 Å². The van der Waals surface area contributed by atoms with Gasteiger partial charge in [-0.05, 0) is 42.3 Å². The van der Waals surface area contributed by atoms with Crippen LogP contribution in [0.25, 0.3) is 11.4 Å². The first-order chi connectivity index (χ1) is 17.3. The van der Waals surface area contributed by atoms with Gasteiger partial charge in [-0.3, -0.25) is 9.36 Å². The summed E-state index contributed by atoms with van der Waals surface area (Å²) in [4.78, 5) is 25.4. The van der Waals surface area contributed by atoms with E-state index >= 15 is 0 Å². The molecule has 3 aromatic rings. The molecule has 0 fully saturated rings. The quantitative estimate of drug-likeness (QED) is 0.393. The van der Waals surface area contributed by atoms with Crippen LogP contribution in [0.2, 0.25) is 5.02 Å². The molecule has 0 saturated heterocycles. The van der Waals surface area contributed by atoms with E-state index in [2.05, 4.69) is 10.4 Å². The highest BCUT2D eigenvalue weighted by atomic mass is 35.5. The molecule has 0 unspecified atom stereocenters. The summed E-state index contributed by atoms with van der Waals surface area (Å²) in [5, 5.41) is 16.4. The summed E-state index contributed by atoms with van der Waals surface area (Å²) in [6.45, 7) is -2.05. The summed E-state index contributed by atoms with van der Waals surface area (Å²) in [6, 6.07) is 9.20. The molecule has 3 rings (SSSR count). The molecule has 0 radical (unpaired) electrons. The Kier molecular flexibility index (Phi) is 8.69. The van der Waals surface area contributed by atoms with E-state index in [1.54, 1.807) is 0 Å². The Hall–Kier alpha value is -3.32. The molecule has 1 heterocycles. The smallest absolute Gasteiger partial charge is 0.394 e. The minimum Gasteiger partial charge on any atom is -0.394 e. The van der Waals surface area contributed by atoms with Gasteiger partial charge in [-0.25, -0.2) is 9.48 Å². The number of alkyl halides is 6. The van der Waals surface area contributed by atoms with Crippen molar-refractivity contribution in [2.24, 2.45) is 0 Å². The standard InChI is InChI=1S/C23H21ClF6N4O3/c24-17-6-4-15(5-7-17)20-32-34(21(37)33(20)9-8-22(25,26)27)12-19(36)31-18(13-35)11-14-2-1-3-16(10-14)23(28,29)30/h1-7,10,18,35H,8-9,11-13H2,(H,31,36)/t18-/m0/s1. The van der Waals surface area contributed by atoms with Gasteiger partial charge in [0, 0.05) is 17.1 Å². The number of aliphatic hydroxyl groups excluding tert-OH is 1. The van der Waals surface area contributed by atoms with Gasteiger partial charge in [0.25, 0.3) is 0 Å². The Balaban J connectivity index is 1.79. The molecule has 1 aromatic heterocycles. The molecule has 0 saturated carbocycles. The largest absolute Gasteiger partial charge is 0.416 e. The molecular weight excluding hydrogens is 530 g/mol. The minimum atomic E-state index is -4.57. The van der Waals surface area contributed by atoms with Crippen molar-refractivity contribution in [3.8, 4) is 11.4 Å². The van der Waals surface area contributed by atoms with E-state index in [0.29, 0.717) is 15.3 Å². The molecule has 2 N–H and O–H groups in total. The molecule has 0 aliphatic rings. The first kappa shape index (κ1) is 28.3. The van der Waals surface area contributed by atoms with Crippen LogP contribution in [0.4, 0.5) is 26.3 Å². The summed E-state index contributed by atoms with van der Waals surface area (Å²) in [5.41, 5.74) is -1.37. The third kappa shape index (κ3) is 7.83. The van der Waals surface area contributed by atoms with Gasteiger partial charge in [0.1, 0.15) is 6.54 Å². The van der Waals surface area contributed by atoms with E-state index < -0.39 is 61.7 Å². The van der Waals surface area contributed by atoms with E-state index in [0.717, 1.165) is 16.7 Å². The molecule has 0 aliphatic heterocycles. The van der Waals surface area contributed by atoms with E-state index in [9.17, 15) is 41.0 Å². The molecule has 0 spiro atoms. The second-order valence-corrected chi connectivity index (χ2v) is 8.57. The molecule has 1 amide bonds. The monoisotopic (exact) mass is 550 g/mol. The first-order valence-corrected chi connectivity index (χ1v) is 11.2. The van der Waals surface area contributed by atoms with Crippen LogP contribution >= 0.6 is 11.6 Å². The topological polar surface area (TPSA) is 89.2 Å². The minimum absolute atomic E-state index is 0.110. The zero-order valence-electron chi connectivity index (χ0n) is 19.0. The first-order valence-electron chi connectivity index (χ1n) is 10.8. The number of nitrogens with one attached hydrogen (secondary N) is 1. The second-order valence-electron chi connectivity index (χ2n) is 8.14. The summed E-state index contributed by atoms with van der Waals surface area (Å²) >= 11 is 5.84. The number of rotatable bonds is 9. The van der Waals surface area contributed by atoms with Crippen molar-refractivity contribution in [1.82, 2.24) is 19.7 Å². The second kappa shape index (κ2) is 11.4. The zero-order valence-corrected chi connectivity index (χ0v) is 19.7. The Bertz CT molecular complexity index is 1290. The number of carbonyl (C=O) groups excluding carboxylic acids is 1. The molecule has 7 nitrogen and oxygen atoms in total. The van der Waals surface area contributed by atoms with E-state index in [4.69, 9.17) is 11.6 Å². The number of aromatic nitrogens is 3. The fraction of sp³-hybridized carbons (Fsp3) is 0.348. The molecular formula is C23H21ClF6N4O3. The van der Waals surface area contributed by atoms with Crippen LogP contribution in [0.3, 0.4) is 0 Å². The summed E-state index contributed by atoms with van der Waals surface area (Å²) in [6.07, 6.45) is -10.6. The summed E-state index contributed by atoms with van der Waals surface area (Å²) in [5.74, 6) is -0.933. The summed E-state index contributed by atoms with van der Waals surface area (Å²) in [7, 11) is 0. The molecule has 14 heteroatoms. The van der Waals surface area contributed by atoms with Crippen LogP contribution in [-0.2, 0) is 30.5 Å². The number of halogens is 7. The number of hydrogen-bond donors (Lipinski definition) is 2. The SMILES string of the molecule is O=C(Cn1nc(-c2ccc(Cl)cc2)n(CCC(F)(F)F)c1=O)N[C@H](CO)Cc1cccc(C(F)(F)F)c1. The highest BCUT2D eigenvalue weighted by Crippen LogP contribution is 2.29. The lowest BCUT2D eigenvalue weighted by molar-refractivity contribution is -0.138. The average molecular weight is 551 g/mol. The van der Waals surface area contributed by atoms with E-state index in [-0.39, 0.29) is 17.8 Å². The van der Waals surface area contributed by atoms with Gasteiger partial charge in [-0.1, -0.05) is 29.8 Å². The Morgan fingerprint density at radius 1 is 1.08 bits per heavy atom. The number of hydrogen-bond acceptors (Lipinski definition) is 4.